The molecule has 1 aliphatic rings. The Bertz CT molecular complexity index is 888. The van der Waals surface area contributed by atoms with E-state index in [0.717, 1.165) is 10.5 Å². The lowest BCUT2D eigenvalue weighted by Crippen LogP contribution is -2.42. The number of nitrogens with one attached hydrogen (secondary N) is 2. The average Bonchev–Trinajstić information content (AvgIpc) is 3.17. The van der Waals surface area contributed by atoms with Crippen LogP contribution >= 0.6 is 11.6 Å². The van der Waals surface area contributed by atoms with Gasteiger partial charge in [-0.1, -0.05) is 41.9 Å². The van der Waals surface area contributed by atoms with Gasteiger partial charge in [0.25, 0.3) is 5.91 Å². The molecule has 3 N–H and O–H groups in total. The molecule has 0 bridgehead atoms. The molecule has 2 aromatic carbocycles. The Morgan fingerprint density at radius 1 is 1.14 bits per heavy atom. The summed E-state index contributed by atoms with van der Waals surface area (Å²) in [6.07, 6.45) is -0.0805. The van der Waals surface area contributed by atoms with Gasteiger partial charge in [-0.3, -0.25) is 14.5 Å². The first-order valence-electron chi connectivity index (χ1n) is 8.88. The highest BCUT2D eigenvalue weighted by atomic mass is 35.5. The van der Waals surface area contributed by atoms with Crippen LogP contribution in [0.1, 0.15) is 28.8 Å². The highest BCUT2D eigenvalue weighted by Crippen LogP contribution is 2.24. The summed E-state index contributed by atoms with van der Waals surface area (Å²) >= 11 is 6.03. The fourth-order valence-electron chi connectivity index (χ4n) is 3.18. The average molecular weight is 402 g/mol. The Kier molecular flexibility index (Phi) is 6.16. The second-order valence-corrected chi connectivity index (χ2v) is 6.92. The Morgan fingerprint density at radius 3 is 2.61 bits per heavy atom. The van der Waals surface area contributed by atoms with Crippen LogP contribution < -0.4 is 10.6 Å². The lowest BCUT2D eigenvalue weighted by Gasteiger charge is -2.21. The number of carbonyl (C=O) groups is 3. The molecule has 0 aliphatic carbocycles. The Labute approximate surface area is 167 Å². The predicted molar refractivity (Wildman–Crippen MR) is 105 cm³/mol. The van der Waals surface area contributed by atoms with Crippen LogP contribution in [0.5, 0.6) is 0 Å². The number of halogens is 1. The number of carboxylic acid groups (broad SMARTS) is 1. The van der Waals surface area contributed by atoms with E-state index in [0.29, 0.717) is 31.0 Å². The van der Waals surface area contributed by atoms with Gasteiger partial charge in [0.1, 0.15) is 6.04 Å². The number of amides is 3. The van der Waals surface area contributed by atoms with Gasteiger partial charge in [-0.25, -0.2) is 4.79 Å². The van der Waals surface area contributed by atoms with E-state index in [1.807, 2.05) is 30.3 Å². The maximum atomic E-state index is 12.6. The fourth-order valence-corrected chi connectivity index (χ4v) is 3.35. The van der Waals surface area contributed by atoms with Gasteiger partial charge in [0.15, 0.2) is 0 Å². The Morgan fingerprint density at radius 2 is 1.89 bits per heavy atom. The molecule has 3 amide bonds. The van der Waals surface area contributed by atoms with Crippen LogP contribution in [0.4, 0.5) is 10.5 Å². The molecule has 1 aliphatic heterocycles. The number of likely N-dealkylation sites (tertiary alicyclic amines) is 1. The van der Waals surface area contributed by atoms with E-state index in [1.54, 1.807) is 6.07 Å². The molecule has 7 nitrogen and oxygen atoms in total. The summed E-state index contributed by atoms with van der Waals surface area (Å²) in [6.45, 7) is 0.651. The molecule has 0 saturated carbocycles. The first-order chi connectivity index (χ1) is 13.5. The number of carbonyl (C=O) groups excluding carboxylic acids is 2. The number of hydrogen-bond acceptors (Lipinski definition) is 3. The summed E-state index contributed by atoms with van der Waals surface area (Å²) in [7, 11) is 0. The predicted octanol–water partition coefficient (Wildman–Crippen LogP) is 3.35. The molecule has 1 heterocycles. The molecular formula is C20H20ClN3O4. The normalized spacial score (nSPS) is 15.9. The highest BCUT2D eigenvalue weighted by Gasteiger charge is 2.34. The largest absolute Gasteiger partial charge is 0.465 e. The molecule has 0 spiro atoms. The van der Waals surface area contributed by atoms with E-state index in [-0.39, 0.29) is 17.2 Å². The van der Waals surface area contributed by atoms with Crippen LogP contribution in [0.15, 0.2) is 48.5 Å². The third kappa shape index (κ3) is 4.61. The van der Waals surface area contributed by atoms with E-state index in [2.05, 4.69) is 10.6 Å². The van der Waals surface area contributed by atoms with Crippen molar-refractivity contribution in [3.63, 3.8) is 0 Å². The fraction of sp³-hybridized carbons (Fsp3) is 0.250. The van der Waals surface area contributed by atoms with E-state index in [4.69, 9.17) is 11.6 Å². The molecule has 146 valence electrons. The van der Waals surface area contributed by atoms with Crippen LogP contribution in [0.3, 0.4) is 0 Å². The SMILES string of the molecule is O=C(NCc1ccccc1)c1ccc(Cl)cc1NC(=O)C1CCCN1C(=O)O. The van der Waals surface area contributed by atoms with Crippen molar-refractivity contribution in [3.8, 4) is 0 Å². The van der Waals surface area contributed by atoms with Crippen molar-refractivity contribution in [1.82, 2.24) is 10.2 Å². The third-order valence-electron chi connectivity index (χ3n) is 4.58. The maximum Gasteiger partial charge on any atom is 0.407 e. The zero-order valence-electron chi connectivity index (χ0n) is 15.0. The van der Waals surface area contributed by atoms with Crippen molar-refractivity contribution in [3.05, 3.63) is 64.7 Å². The smallest absolute Gasteiger partial charge is 0.407 e. The molecule has 1 fully saturated rings. The van der Waals surface area contributed by atoms with Crippen LogP contribution in [0.2, 0.25) is 5.02 Å². The highest BCUT2D eigenvalue weighted by molar-refractivity contribution is 6.31. The van der Waals surface area contributed by atoms with Crippen molar-refractivity contribution in [2.45, 2.75) is 25.4 Å². The minimum Gasteiger partial charge on any atom is -0.465 e. The standard InChI is InChI=1S/C20H20ClN3O4/c21-14-8-9-15(18(25)22-12-13-5-2-1-3-6-13)16(11-14)23-19(26)17-7-4-10-24(17)20(27)28/h1-3,5-6,8-9,11,17H,4,7,10,12H2,(H,22,25)(H,23,26)(H,27,28). The zero-order chi connectivity index (χ0) is 20.1. The van der Waals surface area contributed by atoms with E-state index < -0.39 is 18.0 Å². The molecule has 8 heteroatoms. The first kappa shape index (κ1) is 19.7. The van der Waals surface area contributed by atoms with Gasteiger partial charge in [0.05, 0.1) is 11.3 Å². The molecule has 0 aromatic heterocycles. The molecule has 28 heavy (non-hydrogen) atoms. The molecule has 1 saturated heterocycles. The number of hydrogen-bond donors (Lipinski definition) is 3. The Hall–Kier alpha value is -3.06. The molecular weight excluding hydrogens is 382 g/mol. The molecule has 3 rings (SSSR count). The maximum absolute atomic E-state index is 12.6. The van der Waals surface area contributed by atoms with Gasteiger partial charge in [-0.15, -0.1) is 0 Å². The number of benzene rings is 2. The summed E-state index contributed by atoms with van der Waals surface area (Å²) in [4.78, 5) is 37.6. The van der Waals surface area contributed by atoms with E-state index >= 15 is 0 Å². The van der Waals surface area contributed by atoms with Crippen LogP contribution in [-0.4, -0.2) is 40.5 Å². The summed E-state index contributed by atoms with van der Waals surface area (Å²) < 4.78 is 0. The summed E-state index contributed by atoms with van der Waals surface area (Å²) in [5, 5.41) is 15.1. The summed E-state index contributed by atoms with van der Waals surface area (Å²) in [6, 6.07) is 13.2. The van der Waals surface area contributed by atoms with Gasteiger partial charge in [-0.2, -0.15) is 0 Å². The molecule has 1 unspecified atom stereocenters. The third-order valence-corrected chi connectivity index (χ3v) is 4.82. The minimum atomic E-state index is -1.13. The van der Waals surface area contributed by atoms with Crippen LogP contribution in [0, 0.1) is 0 Å². The Balaban J connectivity index is 1.74. The second-order valence-electron chi connectivity index (χ2n) is 6.48. The van der Waals surface area contributed by atoms with Gasteiger partial charge < -0.3 is 15.7 Å². The first-order valence-corrected chi connectivity index (χ1v) is 9.25. The van der Waals surface area contributed by atoms with Gasteiger partial charge >= 0.3 is 6.09 Å². The molecule has 1 atom stereocenters. The quantitative estimate of drug-likeness (QED) is 0.715. The topological polar surface area (TPSA) is 98.7 Å². The summed E-state index contributed by atoms with van der Waals surface area (Å²) in [5.74, 6) is -0.836. The summed E-state index contributed by atoms with van der Waals surface area (Å²) in [5.41, 5.74) is 1.45. The number of anilines is 1. The van der Waals surface area contributed by atoms with E-state index in [9.17, 15) is 19.5 Å². The van der Waals surface area contributed by atoms with Crippen molar-refractivity contribution < 1.29 is 19.5 Å². The molecule has 2 aromatic rings. The lowest BCUT2D eigenvalue weighted by atomic mass is 10.1. The van der Waals surface area contributed by atoms with Gasteiger partial charge in [0.2, 0.25) is 5.91 Å². The second kappa shape index (κ2) is 8.75. The van der Waals surface area contributed by atoms with Gasteiger partial charge in [0, 0.05) is 18.1 Å². The lowest BCUT2D eigenvalue weighted by molar-refractivity contribution is -0.119. The monoisotopic (exact) mass is 401 g/mol. The zero-order valence-corrected chi connectivity index (χ0v) is 15.8. The number of rotatable bonds is 5. The minimum absolute atomic E-state index is 0.250. The van der Waals surface area contributed by atoms with E-state index in [1.165, 1.54) is 12.1 Å². The van der Waals surface area contributed by atoms with Crippen LogP contribution in [0.25, 0.3) is 0 Å². The number of nitrogens with zero attached hydrogens (tertiary/aromatic N) is 1. The van der Waals surface area contributed by atoms with Crippen LogP contribution in [-0.2, 0) is 11.3 Å². The van der Waals surface area contributed by atoms with Crippen molar-refractivity contribution in [1.29, 1.82) is 0 Å². The van der Waals surface area contributed by atoms with Crippen molar-refractivity contribution in [2.24, 2.45) is 0 Å². The van der Waals surface area contributed by atoms with Gasteiger partial charge in [-0.05, 0) is 36.6 Å². The van der Waals surface area contributed by atoms with Crippen molar-refractivity contribution >= 4 is 35.2 Å². The van der Waals surface area contributed by atoms with Crippen molar-refractivity contribution in [2.75, 3.05) is 11.9 Å². The molecule has 0 radical (unpaired) electrons.